The molecule has 23 heavy (non-hydrogen) atoms. The molecule has 0 aliphatic carbocycles. The lowest BCUT2D eigenvalue weighted by atomic mass is 10.2. The van der Waals surface area contributed by atoms with Crippen LogP contribution in [0.1, 0.15) is 10.5 Å². The monoisotopic (exact) mass is 329 g/mol. The molecule has 7 nitrogen and oxygen atoms in total. The van der Waals surface area contributed by atoms with Crippen LogP contribution < -0.4 is 15.6 Å². The van der Waals surface area contributed by atoms with Gasteiger partial charge in [-0.05, 0) is 24.3 Å². The van der Waals surface area contributed by atoms with Crippen LogP contribution in [-0.4, -0.2) is 19.8 Å². The average molecular weight is 329 g/mol. The van der Waals surface area contributed by atoms with Crippen molar-refractivity contribution >= 4 is 23.3 Å². The van der Waals surface area contributed by atoms with Crippen molar-refractivity contribution in [2.24, 2.45) is 0 Å². The summed E-state index contributed by atoms with van der Waals surface area (Å²) in [5.41, 5.74) is -0.719. The number of aromatic amines is 1. The predicted octanol–water partition coefficient (Wildman–Crippen LogP) is 2.58. The number of hydrogen-bond donors (Lipinski definition) is 3. The first kappa shape index (κ1) is 14.8. The van der Waals surface area contributed by atoms with Crippen LogP contribution in [0.15, 0.2) is 53.3 Å². The number of carbonyl (C=O) groups is 1. The van der Waals surface area contributed by atoms with Crippen molar-refractivity contribution in [3.05, 3.63) is 64.6 Å². The zero-order valence-corrected chi connectivity index (χ0v) is 12.5. The van der Waals surface area contributed by atoms with Gasteiger partial charge in [0, 0.05) is 17.8 Å². The highest BCUT2D eigenvalue weighted by molar-refractivity contribution is 6.99. The highest BCUT2D eigenvalue weighted by Gasteiger charge is 2.16. The van der Waals surface area contributed by atoms with Gasteiger partial charge in [-0.3, -0.25) is 14.0 Å². The largest absolute Gasteiger partial charge is 0.506 e. The normalized spacial score (nSPS) is 10.3. The van der Waals surface area contributed by atoms with E-state index in [9.17, 15) is 14.7 Å². The summed E-state index contributed by atoms with van der Waals surface area (Å²) in [6.07, 6.45) is 0. The molecule has 3 N–H and O–H groups in total. The summed E-state index contributed by atoms with van der Waals surface area (Å²) in [7, 11) is 0. The number of nitrogens with one attached hydrogen (secondary N) is 2. The Kier molecular flexibility index (Phi) is 4.07. The molecule has 0 bridgehead atoms. The number of anilines is 1. The molecule has 0 spiro atoms. The molecule has 2 aromatic carbocycles. The van der Waals surface area contributed by atoms with Crippen molar-refractivity contribution in [3.8, 4) is 17.2 Å². The smallest absolute Gasteiger partial charge is 0.291 e. The summed E-state index contributed by atoms with van der Waals surface area (Å²) < 4.78 is 11.6. The van der Waals surface area contributed by atoms with Gasteiger partial charge < -0.3 is 15.2 Å². The number of amides is 1. The number of rotatable bonds is 4. The predicted molar refractivity (Wildman–Crippen MR) is 85.3 cm³/mol. The third-order valence-electron chi connectivity index (χ3n) is 2.90. The minimum atomic E-state index is -0.709. The van der Waals surface area contributed by atoms with Gasteiger partial charge in [-0.2, -0.15) is 4.37 Å². The van der Waals surface area contributed by atoms with E-state index in [1.54, 1.807) is 18.2 Å². The van der Waals surface area contributed by atoms with E-state index in [0.29, 0.717) is 11.5 Å². The highest BCUT2D eigenvalue weighted by Crippen LogP contribution is 2.30. The molecule has 0 saturated heterocycles. The molecule has 116 valence electrons. The number of ether oxygens (including phenoxy) is 1. The number of para-hydroxylation sites is 1. The van der Waals surface area contributed by atoms with E-state index < -0.39 is 11.5 Å². The molecule has 8 heteroatoms. The number of phenols is 1. The van der Waals surface area contributed by atoms with Crippen molar-refractivity contribution in [2.45, 2.75) is 0 Å². The third kappa shape index (κ3) is 3.38. The minimum absolute atomic E-state index is 0.121. The zero-order valence-electron chi connectivity index (χ0n) is 11.6. The molecule has 0 saturated carbocycles. The van der Waals surface area contributed by atoms with Gasteiger partial charge in [-0.15, -0.1) is 0 Å². The van der Waals surface area contributed by atoms with Crippen LogP contribution >= 0.6 is 11.7 Å². The lowest BCUT2D eigenvalue weighted by Gasteiger charge is -2.09. The van der Waals surface area contributed by atoms with Crippen molar-refractivity contribution in [3.63, 3.8) is 0 Å². The van der Waals surface area contributed by atoms with E-state index in [4.69, 9.17) is 4.74 Å². The summed E-state index contributed by atoms with van der Waals surface area (Å²) in [6.45, 7) is 0. The first-order chi connectivity index (χ1) is 11.1. The fourth-order valence-electron chi connectivity index (χ4n) is 1.83. The van der Waals surface area contributed by atoms with Crippen molar-refractivity contribution in [1.82, 2.24) is 8.75 Å². The Hall–Kier alpha value is -3.13. The molecular formula is C15H11N3O4S. The van der Waals surface area contributed by atoms with Crippen LogP contribution in [0.5, 0.6) is 17.2 Å². The molecule has 3 rings (SSSR count). The van der Waals surface area contributed by atoms with Gasteiger partial charge in [0.05, 0.1) is 5.69 Å². The summed E-state index contributed by atoms with van der Waals surface area (Å²) >= 11 is 0.779. The Morgan fingerprint density at radius 3 is 2.65 bits per heavy atom. The second kappa shape index (κ2) is 6.32. The second-order valence-corrected chi connectivity index (χ2v) is 5.08. The Morgan fingerprint density at radius 2 is 1.96 bits per heavy atom. The summed E-state index contributed by atoms with van der Waals surface area (Å²) in [6, 6.07) is 13.5. The minimum Gasteiger partial charge on any atom is -0.506 e. The lowest BCUT2D eigenvalue weighted by Crippen LogP contribution is -2.20. The number of hydrogen-bond acceptors (Lipinski definition) is 6. The number of aromatic hydroxyl groups is 1. The van der Waals surface area contributed by atoms with Crippen LogP contribution in [-0.2, 0) is 0 Å². The highest BCUT2D eigenvalue weighted by atomic mass is 32.1. The van der Waals surface area contributed by atoms with Crippen LogP contribution in [0.25, 0.3) is 0 Å². The number of nitrogens with zero attached hydrogens (tertiary/aromatic N) is 1. The summed E-state index contributed by atoms with van der Waals surface area (Å²) in [4.78, 5) is 23.4. The Morgan fingerprint density at radius 1 is 1.17 bits per heavy atom. The molecule has 0 unspecified atom stereocenters. The Labute approximate surface area is 134 Å². The SMILES string of the molecule is O=C(Nc1cc(Oc2ccccc2)ccc1O)c1ns[nH]c1=O. The first-order valence-electron chi connectivity index (χ1n) is 6.55. The molecular weight excluding hydrogens is 318 g/mol. The first-order valence-corrected chi connectivity index (χ1v) is 7.32. The summed E-state index contributed by atoms with van der Waals surface area (Å²) in [5.74, 6) is 0.188. The molecule has 0 aliphatic rings. The fraction of sp³-hybridized carbons (Fsp3) is 0. The maximum atomic E-state index is 12.0. The van der Waals surface area contributed by atoms with E-state index in [1.165, 1.54) is 12.1 Å². The summed E-state index contributed by atoms with van der Waals surface area (Å²) in [5, 5.41) is 12.3. The number of benzene rings is 2. The van der Waals surface area contributed by atoms with Gasteiger partial charge in [-0.25, -0.2) is 0 Å². The molecule has 1 amide bonds. The zero-order chi connectivity index (χ0) is 16.2. The molecule has 0 radical (unpaired) electrons. The van der Waals surface area contributed by atoms with Gasteiger partial charge >= 0.3 is 0 Å². The number of H-pyrrole nitrogens is 1. The van der Waals surface area contributed by atoms with Gasteiger partial charge in [0.1, 0.15) is 17.2 Å². The van der Waals surface area contributed by atoms with Crippen molar-refractivity contribution < 1.29 is 14.6 Å². The number of carbonyl (C=O) groups excluding carboxylic acids is 1. The van der Waals surface area contributed by atoms with Gasteiger partial charge in [0.25, 0.3) is 11.5 Å². The standard InChI is InChI=1S/C15H11N3O4S/c19-12-7-6-10(22-9-4-2-1-3-5-9)8-11(12)16-14(20)13-15(21)18-23-17-13/h1-8,19H,(H,16,20)(H,18,21). The van der Waals surface area contributed by atoms with E-state index in [0.717, 1.165) is 11.7 Å². The van der Waals surface area contributed by atoms with Crippen molar-refractivity contribution in [2.75, 3.05) is 5.32 Å². The second-order valence-electron chi connectivity index (χ2n) is 4.51. The van der Waals surface area contributed by atoms with Gasteiger partial charge in [-0.1, -0.05) is 18.2 Å². The van der Waals surface area contributed by atoms with Crippen LogP contribution in [0, 0.1) is 0 Å². The van der Waals surface area contributed by atoms with Crippen LogP contribution in [0.4, 0.5) is 5.69 Å². The van der Waals surface area contributed by atoms with E-state index in [1.807, 2.05) is 18.2 Å². The topological polar surface area (TPSA) is 104 Å². The van der Waals surface area contributed by atoms with E-state index >= 15 is 0 Å². The lowest BCUT2D eigenvalue weighted by molar-refractivity contribution is 0.102. The fourth-order valence-corrected chi connectivity index (χ4v) is 2.31. The van der Waals surface area contributed by atoms with Crippen LogP contribution in [0.3, 0.4) is 0 Å². The number of aromatic nitrogens is 2. The molecule has 0 aliphatic heterocycles. The Bertz CT molecular complexity index is 889. The quantitative estimate of drug-likeness (QED) is 0.638. The molecule has 0 fully saturated rings. The maximum Gasteiger partial charge on any atom is 0.291 e. The molecule has 1 aromatic heterocycles. The van der Waals surface area contributed by atoms with Gasteiger partial charge in [0.15, 0.2) is 0 Å². The third-order valence-corrected chi connectivity index (χ3v) is 3.45. The average Bonchev–Trinajstić information content (AvgIpc) is 2.98. The van der Waals surface area contributed by atoms with Crippen LogP contribution in [0.2, 0.25) is 0 Å². The molecule has 3 aromatic rings. The number of phenolic OH excluding ortho intramolecular Hbond substituents is 1. The van der Waals surface area contributed by atoms with E-state index in [2.05, 4.69) is 14.1 Å². The van der Waals surface area contributed by atoms with Crippen molar-refractivity contribution in [1.29, 1.82) is 0 Å². The molecule has 0 atom stereocenters. The van der Waals surface area contributed by atoms with Gasteiger partial charge in [0.2, 0.25) is 5.69 Å². The molecule has 1 heterocycles. The Balaban J connectivity index is 1.82. The maximum absolute atomic E-state index is 12.0. The van der Waals surface area contributed by atoms with E-state index in [-0.39, 0.29) is 17.1 Å².